The molecule has 150 valence electrons. The highest BCUT2D eigenvalue weighted by Crippen LogP contribution is 2.27. The average Bonchev–Trinajstić information content (AvgIpc) is 2.96. The summed E-state index contributed by atoms with van der Waals surface area (Å²) in [6, 6.07) is 4.73. The molecule has 1 aliphatic heterocycles. The molecule has 1 heterocycles. The third-order valence-corrected chi connectivity index (χ3v) is 7.45. The van der Waals surface area contributed by atoms with Crippen molar-refractivity contribution in [1.82, 2.24) is 9.62 Å². The second-order valence-corrected chi connectivity index (χ2v) is 9.43. The molecule has 0 spiro atoms. The molecule has 6 nitrogen and oxygen atoms in total. The molecule has 0 bridgehead atoms. The van der Waals surface area contributed by atoms with Crippen molar-refractivity contribution in [1.29, 1.82) is 0 Å². The number of rotatable bonds is 5. The number of benzene rings is 1. The molecule has 27 heavy (non-hydrogen) atoms. The van der Waals surface area contributed by atoms with Gasteiger partial charge in [-0.3, -0.25) is 4.79 Å². The van der Waals surface area contributed by atoms with Gasteiger partial charge in [-0.1, -0.05) is 32.1 Å². The van der Waals surface area contributed by atoms with E-state index in [-0.39, 0.29) is 16.8 Å². The molecule has 2 aliphatic rings. The van der Waals surface area contributed by atoms with Crippen molar-refractivity contribution in [2.75, 3.05) is 20.2 Å². The number of nitrogens with one attached hydrogen (secondary N) is 1. The Morgan fingerprint density at radius 1 is 1.04 bits per heavy atom. The number of sulfonamides is 1. The zero-order chi connectivity index (χ0) is 19.3. The molecule has 0 radical (unpaired) electrons. The summed E-state index contributed by atoms with van der Waals surface area (Å²) in [4.78, 5) is 13.0. The van der Waals surface area contributed by atoms with Crippen LogP contribution in [0.3, 0.4) is 0 Å². The highest BCUT2D eigenvalue weighted by molar-refractivity contribution is 7.89. The van der Waals surface area contributed by atoms with E-state index in [1.807, 2.05) is 0 Å². The Morgan fingerprint density at radius 2 is 1.67 bits per heavy atom. The second-order valence-electron chi connectivity index (χ2n) is 7.49. The Kier molecular flexibility index (Phi) is 6.76. The maximum absolute atomic E-state index is 13.0. The lowest BCUT2D eigenvalue weighted by atomic mass is 10.1. The van der Waals surface area contributed by atoms with Crippen LogP contribution in [0.2, 0.25) is 0 Å². The van der Waals surface area contributed by atoms with Crippen LogP contribution >= 0.6 is 0 Å². The number of hydrogen-bond donors (Lipinski definition) is 1. The molecule has 1 saturated carbocycles. The number of hydrogen-bond acceptors (Lipinski definition) is 4. The van der Waals surface area contributed by atoms with E-state index < -0.39 is 10.0 Å². The molecule has 0 aromatic heterocycles. The first-order valence-electron chi connectivity index (χ1n) is 10.0. The number of piperidine rings is 1. The SMILES string of the molecule is COc1ccc(S(=O)(=O)N2CCCCC2)cc1C(=O)NC1CCCCCC1. The minimum absolute atomic E-state index is 0.145. The monoisotopic (exact) mass is 394 g/mol. The van der Waals surface area contributed by atoms with E-state index in [0.29, 0.717) is 24.4 Å². The molecular weight excluding hydrogens is 364 g/mol. The van der Waals surface area contributed by atoms with Crippen LogP contribution < -0.4 is 10.1 Å². The topological polar surface area (TPSA) is 75.7 Å². The van der Waals surface area contributed by atoms with Gasteiger partial charge in [0.1, 0.15) is 5.75 Å². The van der Waals surface area contributed by atoms with Crippen molar-refractivity contribution in [3.8, 4) is 5.75 Å². The van der Waals surface area contributed by atoms with Gasteiger partial charge in [0, 0.05) is 19.1 Å². The largest absolute Gasteiger partial charge is 0.496 e. The molecule has 1 saturated heterocycles. The van der Waals surface area contributed by atoms with Gasteiger partial charge in [-0.05, 0) is 43.9 Å². The fourth-order valence-electron chi connectivity index (χ4n) is 3.97. The summed E-state index contributed by atoms with van der Waals surface area (Å²) in [6.07, 6.45) is 9.41. The number of carbonyl (C=O) groups is 1. The van der Waals surface area contributed by atoms with E-state index in [0.717, 1.165) is 44.9 Å². The van der Waals surface area contributed by atoms with Crippen molar-refractivity contribution in [2.45, 2.75) is 68.7 Å². The van der Waals surface area contributed by atoms with E-state index >= 15 is 0 Å². The fourth-order valence-corrected chi connectivity index (χ4v) is 5.51. The highest BCUT2D eigenvalue weighted by Gasteiger charge is 2.28. The van der Waals surface area contributed by atoms with E-state index in [4.69, 9.17) is 4.74 Å². The van der Waals surface area contributed by atoms with E-state index in [9.17, 15) is 13.2 Å². The molecule has 0 unspecified atom stereocenters. The van der Waals surface area contributed by atoms with E-state index in [1.165, 1.54) is 36.4 Å². The van der Waals surface area contributed by atoms with Crippen molar-refractivity contribution >= 4 is 15.9 Å². The minimum Gasteiger partial charge on any atom is -0.496 e. The van der Waals surface area contributed by atoms with Crippen LogP contribution in [0.15, 0.2) is 23.1 Å². The van der Waals surface area contributed by atoms with Crippen LogP contribution in [0.4, 0.5) is 0 Å². The maximum Gasteiger partial charge on any atom is 0.255 e. The normalized spacial score (nSPS) is 20.0. The zero-order valence-electron chi connectivity index (χ0n) is 16.1. The number of ether oxygens (including phenoxy) is 1. The maximum atomic E-state index is 13.0. The summed E-state index contributed by atoms with van der Waals surface area (Å²) in [5.41, 5.74) is 0.292. The van der Waals surface area contributed by atoms with Gasteiger partial charge in [0.25, 0.3) is 5.91 Å². The Morgan fingerprint density at radius 3 is 2.30 bits per heavy atom. The van der Waals surface area contributed by atoms with Crippen LogP contribution in [0.5, 0.6) is 5.75 Å². The summed E-state index contributed by atoms with van der Waals surface area (Å²) < 4.78 is 32.7. The first kappa shape index (κ1) is 20.1. The van der Waals surface area contributed by atoms with Gasteiger partial charge in [0.15, 0.2) is 0 Å². The van der Waals surface area contributed by atoms with Crippen molar-refractivity contribution in [3.05, 3.63) is 23.8 Å². The Bertz CT molecular complexity index is 749. The van der Waals surface area contributed by atoms with Gasteiger partial charge < -0.3 is 10.1 Å². The molecule has 1 N–H and O–H groups in total. The summed E-state index contributed by atoms with van der Waals surface area (Å²) in [5.74, 6) is 0.146. The molecule has 0 atom stereocenters. The number of nitrogens with zero attached hydrogens (tertiary/aromatic N) is 1. The highest BCUT2D eigenvalue weighted by atomic mass is 32.2. The van der Waals surface area contributed by atoms with Gasteiger partial charge in [0.05, 0.1) is 17.6 Å². The van der Waals surface area contributed by atoms with Gasteiger partial charge in [-0.15, -0.1) is 0 Å². The third kappa shape index (κ3) is 4.82. The molecule has 1 aliphatic carbocycles. The average molecular weight is 395 g/mol. The van der Waals surface area contributed by atoms with Gasteiger partial charge in [0.2, 0.25) is 10.0 Å². The first-order valence-corrected chi connectivity index (χ1v) is 11.5. The minimum atomic E-state index is -3.58. The Hall–Kier alpha value is -1.60. The summed E-state index contributed by atoms with van der Waals surface area (Å²) in [7, 11) is -2.09. The predicted molar refractivity (Wildman–Crippen MR) is 105 cm³/mol. The van der Waals surface area contributed by atoms with Gasteiger partial charge in [-0.25, -0.2) is 8.42 Å². The first-order chi connectivity index (χ1) is 13.0. The van der Waals surface area contributed by atoms with Crippen LogP contribution in [-0.2, 0) is 10.0 Å². The molecular formula is C20H30N2O4S. The number of methoxy groups -OCH3 is 1. The second kappa shape index (κ2) is 9.06. The Labute approximate surface area is 162 Å². The molecule has 3 rings (SSSR count). The van der Waals surface area contributed by atoms with E-state index in [1.54, 1.807) is 6.07 Å². The quantitative estimate of drug-likeness (QED) is 0.778. The zero-order valence-corrected chi connectivity index (χ0v) is 16.9. The summed E-state index contributed by atoms with van der Waals surface area (Å²) in [6.45, 7) is 1.08. The predicted octanol–water partition coefficient (Wildman–Crippen LogP) is 3.32. The smallest absolute Gasteiger partial charge is 0.255 e. The van der Waals surface area contributed by atoms with Crippen LogP contribution in [-0.4, -0.2) is 44.9 Å². The lowest BCUT2D eigenvalue weighted by molar-refractivity contribution is 0.0930. The van der Waals surface area contributed by atoms with Crippen molar-refractivity contribution in [3.63, 3.8) is 0 Å². The molecule has 7 heteroatoms. The van der Waals surface area contributed by atoms with Crippen molar-refractivity contribution < 1.29 is 17.9 Å². The lowest BCUT2D eigenvalue weighted by Crippen LogP contribution is -2.36. The molecule has 1 amide bonds. The molecule has 2 fully saturated rings. The van der Waals surface area contributed by atoms with Crippen LogP contribution in [0, 0.1) is 0 Å². The Balaban J connectivity index is 1.83. The summed E-state index contributed by atoms with van der Waals surface area (Å²) in [5, 5.41) is 3.08. The van der Waals surface area contributed by atoms with E-state index in [2.05, 4.69) is 5.32 Å². The number of carbonyl (C=O) groups excluding carboxylic acids is 1. The molecule has 1 aromatic rings. The number of amides is 1. The van der Waals surface area contributed by atoms with Crippen LogP contribution in [0.1, 0.15) is 68.1 Å². The standard InChI is InChI=1S/C20H30N2O4S/c1-26-19-12-11-17(27(24,25)22-13-7-4-8-14-22)15-18(19)20(23)21-16-9-5-2-3-6-10-16/h11-12,15-16H,2-10,13-14H2,1H3,(H,21,23). The lowest BCUT2D eigenvalue weighted by Gasteiger charge is -2.26. The summed E-state index contributed by atoms with van der Waals surface area (Å²) >= 11 is 0. The fraction of sp³-hybridized carbons (Fsp3) is 0.650. The van der Waals surface area contributed by atoms with Crippen molar-refractivity contribution in [2.24, 2.45) is 0 Å². The van der Waals surface area contributed by atoms with Crippen LogP contribution in [0.25, 0.3) is 0 Å². The van der Waals surface area contributed by atoms with Gasteiger partial charge >= 0.3 is 0 Å². The third-order valence-electron chi connectivity index (χ3n) is 5.56. The molecule has 1 aromatic carbocycles. The van der Waals surface area contributed by atoms with Gasteiger partial charge in [-0.2, -0.15) is 4.31 Å².